The molecule has 0 radical (unpaired) electrons. The van der Waals surface area contributed by atoms with Crippen molar-refractivity contribution in [1.82, 2.24) is 4.98 Å². The molecule has 0 spiro atoms. The highest BCUT2D eigenvalue weighted by atomic mass is 32.1. The Morgan fingerprint density at radius 1 is 0.811 bits per heavy atom. The second kappa shape index (κ2) is 12.0. The van der Waals surface area contributed by atoms with Gasteiger partial charge in [-0.05, 0) is 126 Å². The average Bonchev–Trinajstić information content (AvgIpc) is 3.79. The molecule has 53 heavy (non-hydrogen) atoms. The number of nitrogens with one attached hydrogen (secondary N) is 2. The van der Waals surface area contributed by atoms with E-state index >= 15 is 0 Å². The molecule has 4 aromatic carbocycles. The second-order valence-corrected chi connectivity index (χ2v) is 19.1. The Morgan fingerprint density at radius 2 is 1.53 bits per heavy atom. The predicted octanol–water partition coefficient (Wildman–Crippen LogP) is 10.6. The number of H-pyrrole nitrogens is 1. The summed E-state index contributed by atoms with van der Waals surface area (Å²) in [4.78, 5) is 3.98. The molecule has 10 rings (SSSR count). The van der Waals surface area contributed by atoms with E-state index in [0.717, 1.165) is 20.1 Å². The summed E-state index contributed by atoms with van der Waals surface area (Å²) < 4.78 is 5.45. The van der Waals surface area contributed by atoms with Crippen LogP contribution in [0, 0.1) is 13.8 Å². The fourth-order valence-electron chi connectivity index (χ4n) is 9.34. The van der Waals surface area contributed by atoms with Gasteiger partial charge in [-0.3, -0.25) is 0 Å². The minimum Gasteiger partial charge on any atom is -0.362 e. The Balaban J connectivity index is 1.15. The van der Waals surface area contributed by atoms with Crippen molar-refractivity contribution in [3.05, 3.63) is 145 Å². The first kappa shape index (κ1) is 33.0. The van der Waals surface area contributed by atoms with Crippen LogP contribution >= 0.6 is 22.7 Å². The number of fused-ring (bicyclic) bond motifs is 10. The van der Waals surface area contributed by atoms with Crippen molar-refractivity contribution in [2.45, 2.75) is 78.1 Å². The van der Waals surface area contributed by atoms with Crippen LogP contribution in [0.2, 0.25) is 0 Å². The maximum absolute atomic E-state index is 3.98. The van der Waals surface area contributed by atoms with Crippen molar-refractivity contribution in [3.8, 4) is 0 Å². The van der Waals surface area contributed by atoms with Crippen LogP contribution in [0.4, 0.5) is 5.69 Å². The van der Waals surface area contributed by atoms with Gasteiger partial charge in [0.25, 0.3) is 0 Å². The van der Waals surface area contributed by atoms with Gasteiger partial charge in [-0.1, -0.05) is 99.3 Å². The van der Waals surface area contributed by atoms with Crippen molar-refractivity contribution in [3.63, 3.8) is 0 Å². The molecule has 2 N–H and O–H groups in total. The van der Waals surface area contributed by atoms with E-state index in [1.165, 1.54) is 120 Å². The molecule has 1 aliphatic heterocycles. The van der Waals surface area contributed by atoms with Gasteiger partial charge >= 0.3 is 0 Å². The zero-order valence-corrected chi connectivity index (χ0v) is 33.2. The first-order valence-electron chi connectivity index (χ1n) is 19.2. The number of anilines is 1. The summed E-state index contributed by atoms with van der Waals surface area (Å²) in [6, 6.07) is 27.5. The molecule has 0 saturated heterocycles. The van der Waals surface area contributed by atoms with E-state index in [4.69, 9.17) is 0 Å². The molecule has 0 bridgehead atoms. The zero-order valence-electron chi connectivity index (χ0n) is 31.6. The summed E-state index contributed by atoms with van der Waals surface area (Å²) in [6.07, 6.45) is 14.3. The summed E-state index contributed by atoms with van der Waals surface area (Å²) in [5, 5.41) is 7.87. The number of aryl methyl sites for hydroxylation is 3. The van der Waals surface area contributed by atoms with Crippen molar-refractivity contribution < 1.29 is 0 Å². The fraction of sp³-hybridized carbons (Fsp3) is 0.250. The molecule has 0 saturated carbocycles. The lowest BCUT2D eigenvalue weighted by molar-refractivity contribution is 0.332. The molecule has 2 nitrogen and oxygen atoms in total. The van der Waals surface area contributed by atoms with Crippen LogP contribution in [-0.4, -0.2) is 12.3 Å². The largest absolute Gasteiger partial charge is 0.362 e. The Morgan fingerprint density at radius 3 is 2.32 bits per heavy atom. The molecule has 3 aromatic heterocycles. The lowest BCUT2D eigenvalue weighted by Crippen LogP contribution is -2.34. The standard InChI is InChI=1S/C48H45BN2S2/c1-27-20-29-23-35-31-12-7-9-16-40(31)52-42(35)24-30(26-50-39-25-38-37(22-28(39)2)47(3,4)18-19-48(38,5)6)49-43(29)36(21-27)32-14-11-15-34-44(32)51-45-33-13-8-10-17-41(33)53-46(34)45/h7-10,12-14,16-17,20-26,49-51H,11,15,18-19H2,1-6H3/b30-26-,35-23-,42-24+. The quantitative estimate of drug-likeness (QED) is 0.175. The summed E-state index contributed by atoms with van der Waals surface area (Å²) in [5.74, 6) is 0. The summed E-state index contributed by atoms with van der Waals surface area (Å²) in [6.45, 7) is 14.2. The van der Waals surface area contributed by atoms with Crippen LogP contribution in [0.25, 0.3) is 48.1 Å². The lowest BCUT2D eigenvalue weighted by Gasteiger charge is -2.42. The topological polar surface area (TPSA) is 27.8 Å². The summed E-state index contributed by atoms with van der Waals surface area (Å²) in [5.41, 5.74) is 18.0. The van der Waals surface area contributed by atoms with Crippen LogP contribution in [0.1, 0.15) is 91.6 Å². The smallest absolute Gasteiger partial charge is 0.195 e. The lowest BCUT2D eigenvalue weighted by atomic mass is 9.58. The molecule has 2 aliphatic carbocycles. The Bertz CT molecular complexity index is 2870. The van der Waals surface area contributed by atoms with E-state index in [1.807, 2.05) is 22.7 Å². The van der Waals surface area contributed by atoms with E-state index in [0.29, 0.717) is 0 Å². The number of benzene rings is 4. The average molecular weight is 725 g/mol. The third-order valence-electron chi connectivity index (χ3n) is 12.4. The number of aromatic amines is 1. The summed E-state index contributed by atoms with van der Waals surface area (Å²) in [7, 11) is 0.843. The van der Waals surface area contributed by atoms with Crippen LogP contribution in [0.15, 0.2) is 90.5 Å². The van der Waals surface area contributed by atoms with Crippen LogP contribution in [0.5, 0.6) is 0 Å². The normalized spacial score (nSPS) is 19.1. The summed E-state index contributed by atoms with van der Waals surface area (Å²) >= 11 is 3.85. The van der Waals surface area contributed by atoms with Crippen LogP contribution in [0.3, 0.4) is 0 Å². The van der Waals surface area contributed by atoms with Crippen molar-refractivity contribution in [2.24, 2.45) is 0 Å². The van der Waals surface area contributed by atoms with E-state index in [2.05, 4.69) is 149 Å². The van der Waals surface area contributed by atoms with Crippen LogP contribution < -0.4 is 20.5 Å². The highest BCUT2D eigenvalue weighted by Crippen LogP contribution is 2.47. The van der Waals surface area contributed by atoms with Crippen molar-refractivity contribution >= 4 is 89.2 Å². The molecule has 7 aromatic rings. The monoisotopic (exact) mass is 724 g/mol. The second-order valence-electron chi connectivity index (χ2n) is 17.0. The molecule has 0 unspecified atom stereocenters. The van der Waals surface area contributed by atoms with Crippen LogP contribution in [-0.2, 0) is 17.3 Å². The third-order valence-corrected chi connectivity index (χ3v) is 14.8. The fourth-order valence-corrected chi connectivity index (χ4v) is 11.7. The zero-order chi connectivity index (χ0) is 36.2. The molecular weight excluding hydrogens is 679 g/mol. The van der Waals surface area contributed by atoms with Gasteiger partial charge in [-0.25, -0.2) is 0 Å². The maximum atomic E-state index is 3.98. The van der Waals surface area contributed by atoms with Gasteiger partial charge < -0.3 is 10.3 Å². The van der Waals surface area contributed by atoms with Gasteiger partial charge in [0.05, 0.1) is 15.9 Å². The molecule has 262 valence electrons. The van der Waals surface area contributed by atoms with Gasteiger partial charge in [0.2, 0.25) is 0 Å². The molecule has 3 aliphatic rings. The molecule has 5 heteroatoms. The number of aromatic nitrogens is 1. The van der Waals surface area contributed by atoms with E-state index in [-0.39, 0.29) is 10.8 Å². The van der Waals surface area contributed by atoms with E-state index < -0.39 is 0 Å². The predicted molar refractivity (Wildman–Crippen MR) is 234 cm³/mol. The van der Waals surface area contributed by atoms with Gasteiger partial charge in [0, 0.05) is 41.2 Å². The Hall–Kier alpha value is -4.58. The SMILES string of the molecule is Cc1cc2c(c(C3=CCCc4c3[nH]c3c4sc4ccccc43)c1)BC(=C\Nc1cc3c(cc1C)C(C)(C)CCC3(C)C)/C=c1/sc3ccccc3/c1=C/2. The maximum Gasteiger partial charge on any atom is 0.195 e. The van der Waals surface area contributed by atoms with Gasteiger partial charge in [0.15, 0.2) is 7.28 Å². The third kappa shape index (κ3) is 5.34. The molecule has 0 fully saturated rings. The number of allylic oxidation sites excluding steroid dienone is 2. The first-order valence-corrected chi connectivity index (χ1v) is 20.9. The van der Waals surface area contributed by atoms with Gasteiger partial charge in [0.1, 0.15) is 0 Å². The number of thiophene rings is 2. The van der Waals surface area contributed by atoms with E-state index in [1.54, 1.807) is 0 Å². The molecule has 4 heterocycles. The van der Waals surface area contributed by atoms with Gasteiger partial charge in [-0.15, -0.1) is 22.7 Å². The molecule has 0 atom stereocenters. The van der Waals surface area contributed by atoms with E-state index in [9.17, 15) is 0 Å². The minimum atomic E-state index is 0.160. The highest BCUT2D eigenvalue weighted by molar-refractivity contribution is 7.26. The molecule has 0 amide bonds. The number of rotatable bonds is 3. The first-order chi connectivity index (χ1) is 25.5. The minimum absolute atomic E-state index is 0.160. The Kier molecular flexibility index (Phi) is 7.46. The Labute approximate surface area is 320 Å². The van der Waals surface area contributed by atoms with Crippen molar-refractivity contribution in [2.75, 3.05) is 5.32 Å². The van der Waals surface area contributed by atoms with Crippen molar-refractivity contribution in [1.29, 1.82) is 0 Å². The molecular formula is C48H45BN2S2. The van der Waals surface area contributed by atoms with Gasteiger partial charge in [-0.2, -0.15) is 0 Å². The number of hydrogen-bond donors (Lipinski definition) is 2. The highest BCUT2D eigenvalue weighted by Gasteiger charge is 2.37. The number of hydrogen-bond acceptors (Lipinski definition) is 3.